The molecule has 3 rings (SSSR count). The summed E-state index contributed by atoms with van der Waals surface area (Å²) in [6, 6.07) is 19.4. The molecular formula is C26H27BrN2O3. The van der Waals surface area contributed by atoms with E-state index in [4.69, 9.17) is 4.74 Å². The second-order valence-electron chi connectivity index (χ2n) is 7.75. The summed E-state index contributed by atoms with van der Waals surface area (Å²) in [5.74, 6) is 0.557. The van der Waals surface area contributed by atoms with Gasteiger partial charge in [-0.15, -0.1) is 0 Å². The van der Waals surface area contributed by atoms with E-state index in [9.17, 15) is 9.59 Å². The fraction of sp³-hybridized carbons (Fsp3) is 0.231. The van der Waals surface area contributed by atoms with Gasteiger partial charge in [0, 0.05) is 16.2 Å². The van der Waals surface area contributed by atoms with Crippen molar-refractivity contribution in [3.8, 4) is 5.75 Å². The first-order chi connectivity index (χ1) is 15.4. The van der Waals surface area contributed by atoms with Gasteiger partial charge in [-0.25, -0.2) is 0 Å². The molecule has 0 fully saturated rings. The Balaban J connectivity index is 1.56. The average Bonchev–Trinajstić information content (AvgIpc) is 2.77. The summed E-state index contributed by atoms with van der Waals surface area (Å²) in [7, 11) is 0. The standard InChI is InChI=1S/C26H27BrN2O3/c1-4-25(30)28-23-10-5-19(6-11-23)15-26(31)29(18(2)3)13-14-32-24-12-8-20-16-22(27)9-7-21(20)17-24/h4-12,16-18H,1,13-15H2,2-3H3,(H,28,30). The Morgan fingerprint density at radius 1 is 1.06 bits per heavy atom. The van der Waals surface area contributed by atoms with Crippen LogP contribution in [-0.4, -0.2) is 35.9 Å². The van der Waals surface area contributed by atoms with E-state index in [2.05, 4.69) is 33.9 Å². The molecule has 6 heteroatoms. The Labute approximate surface area is 197 Å². The first-order valence-electron chi connectivity index (χ1n) is 10.5. The van der Waals surface area contributed by atoms with Crippen LogP contribution in [0, 0.1) is 0 Å². The van der Waals surface area contributed by atoms with Gasteiger partial charge >= 0.3 is 0 Å². The van der Waals surface area contributed by atoms with E-state index in [-0.39, 0.29) is 17.9 Å². The van der Waals surface area contributed by atoms with Gasteiger partial charge in [-0.2, -0.15) is 0 Å². The monoisotopic (exact) mass is 494 g/mol. The van der Waals surface area contributed by atoms with Crippen LogP contribution in [0.3, 0.4) is 0 Å². The Morgan fingerprint density at radius 3 is 2.44 bits per heavy atom. The molecule has 3 aromatic rings. The molecule has 0 aliphatic heterocycles. The zero-order valence-corrected chi connectivity index (χ0v) is 19.9. The zero-order chi connectivity index (χ0) is 23.1. The number of anilines is 1. The molecule has 0 unspecified atom stereocenters. The molecule has 0 saturated carbocycles. The van der Waals surface area contributed by atoms with Crippen molar-refractivity contribution in [2.24, 2.45) is 0 Å². The third-order valence-corrected chi connectivity index (χ3v) is 5.57. The second-order valence-corrected chi connectivity index (χ2v) is 8.67. The number of hydrogen-bond acceptors (Lipinski definition) is 3. The van der Waals surface area contributed by atoms with Crippen molar-refractivity contribution in [1.82, 2.24) is 4.90 Å². The van der Waals surface area contributed by atoms with Gasteiger partial charge in [0.25, 0.3) is 0 Å². The molecule has 2 amide bonds. The lowest BCUT2D eigenvalue weighted by atomic mass is 10.1. The van der Waals surface area contributed by atoms with Gasteiger partial charge in [0.15, 0.2) is 0 Å². The van der Waals surface area contributed by atoms with Crippen LogP contribution in [0.15, 0.2) is 77.8 Å². The first kappa shape index (κ1) is 23.5. The summed E-state index contributed by atoms with van der Waals surface area (Å²) in [5.41, 5.74) is 1.56. The summed E-state index contributed by atoms with van der Waals surface area (Å²) < 4.78 is 6.98. The fourth-order valence-corrected chi connectivity index (χ4v) is 3.77. The van der Waals surface area contributed by atoms with Crippen molar-refractivity contribution in [3.63, 3.8) is 0 Å². The van der Waals surface area contributed by atoms with Crippen LogP contribution < -0.4 is 10.1 Å². The molecule has 0 saturated heterocycles. The summed E-state index contributed by atoms with van der Waals surface area (Å²) in [6.07, 6.45) is 1.51. The number of carbonyl (C=O) groups excluding carboxylic acids is 2. The van der Waals surface area contributed by atoms with E-state index in [0.29, 0.717) is 25.3 Å². The Bertz CT molecular complexity index is 1110. The summed E-state index contributed by atoms with van der Waals surface area (Å²) >= 11 is 3.49. The predicted octanol–water partition coefficient (Wildman–Crippen LogP) is 5.59. The minimum absolute atomic E-state index is 0.0369. The average molecular weight is 495 g/mol. The highest BCUT2D eigenvalue weighted by atomic mass is 79.9. The number of benzene rings is 3. The Morgan fingerprint density at radius 2 is 1.75 bits per heavy atom. The number of nitrogens with one attached hydrogen (secondary N) is 1. The number of ether oxygens (including phenoxy) is 1. The Kier molecular flexibility index (Phi) is 8.06. The van der Waals surface area contributed by atoms with Crippen molar-refractivity contribution in [2.45, 2.75) is 26.3 Å². The molecule has 3 aromatic carbocycles. The van der Waals surface area contributed by atoms with Crippen LogP contribution in [0.4, 0.5) is 5.69 Å². The van der Waals surface area contributed by atoms with Crippen LogP contribution in [0.5, 0.6) is 5.75 Å². The van der Waals surface area contributed by atoms with Gasteiger partial charge in [0.2, 0.25) is 11.8 Å². The van der Waals surface area contributed by atoms with Crippen molar-refractivity contribution in [1.29, 1.82) is 0 Å². The number of carbonyl (C=O) groups is 2. The highest BCUT2D eigenvalue weighted by Crippen LogP contribution is 2.24. The summed E-state index contributed by atoms with van der Waals surface area (Å²) in [5, 5.41) is 4.95. The molecule has 0 bridgehead atoms. The van der Waals surface area contributed by atoms with E-state index in [0.717, 1.165) is 26.6 Å². The van der Waals surface area contributed by atoms with Gasteiger partial charge in [0.05, 0.1) is 13.0 Å². The van der Waals surface area contributed by atoms with E-state index in [1.54, 1.807) is 12.1 Å². The molecule has 0 heterocycles. The number of halogens is 1. The summed E-state index contributed by atoms with van der Waals surface area (Å²) in [6.45, 7) is 8.35. The molecule has 0 radical (unpaired) electrons. The number of fused-ring (bicyclic) bond motifs is 1. The van der Waals surface area contributed by atoms with Gasteiger partial charge in [-0.3, -0.25) is 9.59 Å². The topological polar surface area (TPSA) is 58.6 Å². The third-order valence-electron chi connectivity index (χ3n) is 5.08. The minimum atomic E-state index is -0.265. The second kappa shape index (κ2) is 11.0. The maximum atomic E-state index is 12.9. The van der Waals surface area contributed by atoms with Crippen LogP contribution in [0.1, 0.15) is 19.4 Å². The molecule has 0 aromatic heterocycles. The lowest BCUT2D eigenvalue weighted by Crippen LogP contribution is -2.40. The lowest BCUT2D eigenvalue weighted by molar-refractivity contribution is -0.132. The largest absolute Gasteiger partial charge is 0.492 e. The maximum absolute atomic E-state index is 12.9. The molecule has 0 aliphatic rings. The van der Waals surface area contributed by atoms with Gasteiger partial charge in [-0.1, -0.05) is 46.8 Å². The molecule has 5 nitrogen and oxygen atoms in total. The summed E-state index contributed by atoms with van der Waals surface area (Å²) in [4.78, 5) is 26.1. The number of nitrogens with zero attached hydrogens (tertiary/aromatic N) is 1. The first-order valence-corrected chi connectivity index (χ1v) is 11.3. The molecule has 166 valence electrons. The molecular weight excluding hydrogens is 468 g/mol. The van der Waals surface area contributed by atoms with Crippen molar-refractivity contribution < 1.29 is 14.3 Å². The fourth-order valence-electron chi connectivity index (χ4n) is 3.39. The SMILES string of the molecule is C=CC(=O)Nc1ccc(CC(=O)N(CCOc2ccc3cc(Br)ccc3c2)C(C)C)cc1. The van der Waals surface area contributed by atoms with Crippen LogP contribution in [-0.2, 0) is 16.0 Å². The number of rotatable bonds is 9. The Hall–Kier alpha value is -3.12. The normalized spacial score (nSPS) is 10.8. The molecule has 32 heavy (non-hydrogen) atoms. The van der Waals surface area contributed by atoms with Crippen molar-refractivity contribution in [2.75, 3.05) is 18.5 Å². The number of amides is 2. The van der Waals surface area contributed by atoms with Gasteiger partial charge in [-0.05, 0) is 72.7 Å². The minimum Gasteiger partial charge on any atom is -0.492 e. The smallest absolute Gasteiger partial charge is 0.247 e. The van der Waals surface area contributed by atoms with Crippen molar-refractivity contribution >= 4 is 44.2 Å². The molecule has 0 atom stereocenters. The van der Waals surface area contributed by atoms with Crippen LogP contribution in [0.2, 0.25) is 0 Å². The van der Waals surface area contributed by atoms with E-state index in [1.807, 2.05) is 61.2 Å². The van der Waals surface area contributed by atoms with Crippen LogP contribution in [0.25, 0.3) is 10.8 Å². The van der Waals surface area contributed by atoms with Crippen LogP contribution >= 0.6 is 15.9 Å². The predicted molar refractivity (Wildman–Crippen MR) is 133 cm³/mol. The molecule has 0 spiro atoms. The highest BCUT2D eigenvalue weighted by molar-refractivity contribution is 9.10. The zero-order valence-electron chi connectivity index (χ0n) is 18.3. The van der Waals surface area contributed by atoms with E-state index in [1.165, 1.54) is 6.08 Å². The molecule has 0 aliphatic carbocycles. The van der Waals surface area contributed by atoms with Gasteiger partial charge in [0.1, 0.15) is 12.4 Å². The lowest BCUT2D eigenvalue weighted by Gasteiger charge is -2.27. The highest BCUT2D eigenvalue weighted by Gasteiger charge is 2.17. The quantitative estimate of drug-likeness (QED) is 0.394. The molecule has 1 N–H and O–H groups in total. The maximum Gasteiger partial charge on any atom is 0.247 e. The van der Waals surface area contributed by atoms with Crippen molar-refractivity contribution in [3.05, 3.63) is 83.4 Å². The third kappa shape index (κ3) is 6.44. The van der Waals surface area contributed by atoms with E-state index < -0.39 is 0 Å². The van der Waals surface area contributed by atoms with E-state index >= 15 is 0 Å². The van der Waals surface area contributed by atoms with Gasteiger partial charge < -0.3 is 15.0 Å². The number of hydrogen-bond donors (Lipinski definition) is 1.